The molecule has 18 heavy (non-hydrogen) atoms. The molecule has 0 spiro atoms. The van der Waals surface area contributed by atoms with Gasteiger partial charge in [0.15, 0.2) is 0 Å². The summed E-state index contributed by atoms with van der Waals surface area (Å²) in [5, 5.41) is 22.2. The maximum atomic E-state index is 9.76. The van der Waals surface area contributed by atoms with Crippen LogP contribution >= 0.6 is 0 Å². The van der Waals surface area contributed by atoms with Crippen molar-refractivity contribution in [2.75, 3.05) is 19.7 Å². The first kappa shape index (κ1) is 15.9. The van der Waals surface area contributed by atoms with Crippen molar-refractivity contribution < 1.29 is 14.9 Å². The van der Waals surface area contributed by atoms with Crippen LogP contribution in [0, 0.1) is 5.92 Å². The lowest BCUT2D eigenvalue weighted by molar-refractivity contribution is -0.0311. The van der Waals surface area contributed by atoms with E-state index in [1.165, 1.54) is 12.8 Å². The fraction of sp³-hybridized carbons (Fsp3) is 1.00. The van der Waals surface area contributed by atoms with Gasteiger partial charge in [0, 0.05) is 13.1 Å². The second kappa shape index (κ2) is 8.86. The maximum absolute atomic E-state index is 9.76. The van der Waals surface area contributed by atoms with Gasteiger partial charge in [0.25, 0.3) is 0 Å². The van der Waals surface area contributed by atoms with Crippen molar-refractivity contribution in [2.24, 2.45) is 5.92 Å². The van der Waals surface area contributed by atoms with Crippen molar-refractivity contribution in [3.63, 3.8) is 0 Å². The molecule has 0 radical (unpaired) electrons. The summed E-state index contributed by atoms with van der Waals surface area (Å²) in [6, 6.07) is 0. The molecule has 4 unspecified atom stereocenters. The zero-order chi connectivity index (χ0) is 13.4. The molecule has 0 aromatic heterocycles. The van der Waals surface area contributed by atoms with Crippen molar-refractivity contribution >= 4 is 0 Å². The van der Waals surface area contributed by atoms with Gasteiger partial charge in [0.05, 0.1) is 24.9 Å². The predicted molar refractivity (Wildman–Crippen MR) is 72.5 cm³/mol. The van der Waals surface area contributed by atoms with Crippen LogP contribution in [0.3, 0.4) is 0 Å². The van der Waals surface area contributed by atoms with Gasteiger partial charge >= 0.3 is 0 Å². The molecule has 108 valence electrons. The van der Waals surface area contributed by atoms with Crippen LogP contribution in [0.5, 0.6) is 0 Å². The van der Waals surface area contributed by atoms with Gasteiger partial charge in [0.1, 0.15) is 0 Å². The third-order valence-electron chi connectivity index (χ3n) is 3.64. The SMILES string of the molecule is CCC(O)CNCC(O)COC1CCCC(C)C1. The van der Waals surface area contributed by atoms with E-state index in [-0.39, 0.29) is 6.10 Å². The maximum Gasteiger partial charge on any atom is 0.0897 e. The van der Waals surface area contributed by atoms with Crippen molar-refractivity contribution in [1.29, 1.82) is 0 Å². The van der Waals surface area contributed by atoms with E-state index >= 15 is 0 Å². The molecule has 1 rings (SSSR count). The first-order valence-corrected chi connectivity index (χ1v) is 7.30. The van der Waals surface area contributed by atoms with E-state index in [2.05, 4.69) is 12.2 Å². The molecule has 3 N–H and O–H groups in total. The van der Waals surface area contributed by atoms with Crippen LogP contribution in [-0.4, -0.2) is 48.2 Å². The summed E-state index contributed by atoms with van der Waals surface area (Å²) in [6.07, 6.45) is 5.04. The van der Waals surface area contributed by atoms with Crippen molar-refractivity contribution in [3.05, 3.63) is 0 Å². The standard InChI is InChI=1S/C14H29NO3/c1-3-12(16)8-15-9-13(17)10-18-14-6-4-5-11(2)7-14/h11-17H,3-10H2,1-2H3. The number of aliphatic hydroxyl groups excluding tert-OH is 2. The summed E-state index contributed by atoms with van der Waals surface area (Å²) in [4.78, 5) is 0. The summed E-state index contributed by atoms with van der Waals surface area (Å²) in [5.74, 6) is 0.749. The Bertz CT molecular complexity index is 213. The molecule has 4 atom stereocenters. The molecule has 0 saturated heterocycles. The molecule has 0 aromatic rings. The fourth-order valence-electron chi connectivity index (χ4n) is 2.40. The summed E-state index contributed by atoms with van der Waals surface area (Å²) < 4.78 is 5.75. The van der Waals surface area contributed by atoms with Gasteiger partial charge in [-0.3, -0.25) is 0 Å². The van der Waals surface area contributed by atoms with Crippen LogP contribution in [0.4, 0.5) is 0 Å². The van der Waals surface area contributed by atoms with Gasteiger partial charge in [-0.1, -0.05) is 26.7 Å². The minimum absolute atomic E-state index is 0.322. The molecule has 0 bridgehead atoms. The molecule has 4 nitrogen and oxygen atoms in total. The first-order valence-electron chi connectivity index (χ1n) is 7.30. The molecule has 0 aliphatic heterocycles. The fourth-order valence-corrected chi connectivity index (χ4v) is 2.40. The Morgan fingerprint density at radius 2 is 1.94 bits per heavy atom. The van der Waals surface area contributed by atoms with Crippen LogP contribution in [0.25, 0.3) is 0 Å². The van der Waals surface area contributed by atoms with Gasteiger partial charge in [-0.2, -0.15) is 0 Å². The lowest BCUT2D eigenvalue weighted by atomic mass is 9.89. The van der Waals surface area contributed by atoms with E-state index in [0.717, 1.165) is 25.2 Å². The van der Waals surface area contributed by atoms with E-state index in [1.54, 1.807) is 0 Å². The molecule has 1 fully saturated rings. The van der Waals surface area contributed by atoms with Crippen molar-refractivity contribution in [1.82, 2.24) is 5.32 Å². The normalized spacial score (nSPS) is 28.0. The number of nitrogens with one attached hydrogen (secondary N) is 1. The molecular weight excluding hydrogens is 230 g/mol. The average molecular weight is 259 g/mol. The highest BCUT2D eigenvalue weighted by Crippen LogP contribution is 2.25. The Labute approximate surface area is 111 Å². The monoisotopic (exact) mass is 259 g/mol. The lowest BCUT2D eigenvalue weighted by Gasteiger charge is -2.27. The Morgan fingerprint density at radius 3 is 2.61 bits per heavy atom. The summed E-state index contributed by atoms with van der Waals surface area (Å²) >= 11 is 0. The molecule has 4 heteroatoms. The molecule has 1 saturated carbocycles. The predicted octanol–water partition coefficient (Wildman–Crippen LogP) is 1.30. The van der Waals surface area contributed by atoms with Crippen LogP contribution in [0.2, 0.25) is 0 Å². The summed E-state index contributed by atoms with van der Waals surface area (Å²) in [5.41, 5.74) is 0. The Balaban J connectivity index is 2.03. The highest BCUT2D eigenvalue weighted by molar-refractivity contribution is 4.71. The van der Waals surface area contributed by atoms with E-state index in [9.17, 15) is 10.2 Å². The molecule has 0 aromatic carbocycles. The highest BCUT2D eigenvalue weighted by atomic mass is 16.5. The molecule has 0 amide bonds. The van der Waals surface area contributed by atoms with Crippen LogP contribution < -0.4 is 5.32 Å². The van der Waals surface area contributed by atoms with Gasteiger partial charge in [-0.25, -0.2) is 0 Å². The zero-order valence-corrected chi connectivity index (χ0v) is 11.8. The smallest absolute Gasteiger partial charge is 0.0897 e. The van der Waals surface area contributed by atoms with Crippen LogP contribution in [0.1, 0.15) is 46.0 Å². The van der Waals surface area contributed by atoms with Crippen LogP contribution in [0.15, 0.2) is 0 Å². The average Bonchev–Trinajstić information content (AvgIpc) is 2.36. The van der Waals surface area contributed by atoms with E-state index in [4.69, 9.17) is 4.74 Å². The zero-order valence-electron chi connectivity index (χ0n) is 11.8. The minimum Gasteiger partial charge on any atom is -0.392 e. The van der Waals surface area contributed by atoms with Gasteiger partial charge < -0.3 is 20.3 Å². The highest BCUT2D eigenvalue weighted by Gasteiger charge is 2.20. The lowest BCUT2D eigenvalue weighted by Crippen LogP contribution is -2.36. The van der Waals surface area contributed by atoms with Crippen molar-refractivity contribution in [2.45, 2.75) is 64.3 Å². The minimum atomic E-state index is -0.480. The number of ether oxygens (including phenoxy) is 1. The molecule has 1 aliphatic rings. The first-order chi connectivity index (χ1) is 8.61. The quantitative estimate of drug-likeness (QED) is 0.615. The van der Waals surface area contributed by atoms with Gasteiger partial charge in [-0.05, 0) is 25.2 Å². The summed E-state index contributed by atoms with van der Waals surface area (Å²) in [6.45, 7) is 5.62. The number of hydrogen-bond donors (Lipinski definition) is 3. The number of aliphatic hydroxyl groups is 2. The van der Waals surface area contributed by atoms with Crippen LogP contribution in [-0.2, 0) is 4.74 Å². The Morgan fingerprint density at radius 1 is 1.22 bits per heavy atom. The molecular formula is C14H29NO3. The van der Waals surface area contributed by atoms with E-state index in [1.807, 2.05) is 6.92 Å². The topological polar surface area (TPSA) is 61.7 Å². The van der Waals surface area contributed by atoms with E-state index in [0.29, 0.717) is 25.8 Å². The van der Waals surface area contributed by atoms with Crippen molar-refractivity contribution in [3.8, 4) is 0 Å². The Hall–Kier alpha value is -0.160. The third kappa shape index (κ3) is 6.69. The number of hydrogen-bond acceptors (Lipinski definition) is 4. The second-order valence-electron chi connectivity index (χ2n) is 5.60. The largest absolute Gasteiger partial charge is 0.392 e. The molecule has 0 heterocycles. The number of rotatable bonds is 8. The van der Waals surface area contributed by atoms with E-state index < -0.39 is 6.10 Å². The van der Waals surface area contributed by atoms with Gasteiger partial charge in [0.2, 0.25) is 0 Å². The second-order valence-corrected chi connectivity index (χ2v) is 5.60. The van der Waals surface area contributed by atoms with Gasteiger partial charge in [-0.15, -0.1) is 0 Å². The Kier molecular flexibility index (Phi) is 7.82. The molecule has 1 aliphatic carbocycles. The third-order valence-corrected chi connectivity index (χ3v) is 3.64. The summed E-state index contributed by atoms with van der Waals surface area (Å²) in [7, 11) is 0.